The highest BCUT2D eigenvalue weighted by atomic mass is 79.9. The van der Waals surface area contributed by atoms with Crippen molar-refractivity contribution in [1.82, 2.24) is 5.32 Å². The number of para-hydroxylation sites is 2. The predicted octanol–water partition coefficient (Wildman–Crippen LogP) is 4.89. The van der Waals surface area contributed by atoms with Gasteiger partial charge in [0.15, 0.2) is 11.5 Å². The van der Waals surface area contributed by atoms with Crippen LogP contribution < -0.4 is 19.7 Å². The molecule has 7 heteroatoms. The summed E-state index contributed by atoms with van der Waals surface area (Å²) in [4.78, 5) is 27.4. The van der Waals surface area contributed by atoms with Crippen molar-refractivity contribution in [2.24, 2.45) is 0 Å². The van der Waals surface area contributed by atoms with Crippen molar-refractivity contribution < 1.29 is 19.1 Å². The molecule has 0 saturated carbocycles. The molecule has 0 atom stereocenters. The molecule has 1 aliphatic rings. The highest BCUT2D eigenvalue weighted by Crippen LogP contribution is 2.36. The smallest absolute Gasteiger partial charge is 0.294 e. The van der Waals surface area contributed by atoms with Crippen LogP contribution in [0.25, 0.3) is 6.08 Å². The van der Waals surface area contributed by atoms with E-state index in [0.717, 1.165) is 22.0 Å². The van der Waals surface area contributed by atoms with Crippen LogP contribution in [0.1, 0.15) is 16.7 Å². The highest BCUT2D eigenvalue weighted by molar-refractivity contribution is 9.10. The first-order valence-corrected chi connectivity index (χ1v) is 11.7. The summed E-state index contributed by atoms with van der Waals surface area (Å²) in [6, 6.07) is 20.9. The third-order valence-electron chi connectivity index (χ3n) is 5.46. The molecular formula is C27H25BrN2O4. The van der Waals surface area contributed by atoms with Crippen LogP contribution in [0.5, 0.6) is 11.5 Å². The van der Waals surface area contributed by atoms with Gasteiger partial charge in [0.2, 0.25) is 5.91 Å². The summed E-state index contributed by atoms with van der Waals surface area (Å²) in [5.41, 5.74) is 3.67. The third-order valence-corrected chi connectivity index (χ3v) is 6.08. The van der Waals surface area contributed by atoms with E-state index >= 15 is 0 Å². The molecule has 1 aliphatic heterocycles. The van der Waals surface area contributed by atoms with Crippen LogP contribution in [0, 0.1) is 6.92 Å². The Morgan fingerprint density at radius 2 is 1.88 bits per heavy atom. The van der Waals surface area contributed by atoms with Crippen molar-refractivity contribution in [2.75, 3.05) is 25.1 Å². The molecule has 0 radical (unpaired) electrons. The van der Waals surface area contributed by atoms with E-state index < -0.39 is 0 Å². The zero-order valence-electron chi connectivity index (χ0n) is 19.0. The first kappa shape index (κ1) is 23.6. The molecular weight excluding hydrogens is 496 g/mol. The number of aryl methyl sites for hydroxylation is 1. The number of nitrogens with one attached hydrogen (secondary N) is 1. The Bertz CT molecular complexity index is 1240. The van der Waals surface area contributed by atoms with E-state index in [0.29, 0.717) is 23.7 Å². The van der Waals surface area contributed by atoms with E-state index in [-0.39, 0.29) is 24.1 Å². The molecule has 0 saturated heterocycles. The molecule has 3 aromatic carbocycles. The van der Waals surface area contributed by atoms with Gasteiger partial charge in [0.05, 0.1) is 17.3 Å². The standard InChI is InChI=1S/C27H25BrN2O4/c1-18-7-9-19(10-8-18)13-14-29-26(31)17-30-22-5-3-4-6-24(22)34-25(27(30)32)16-20-11-12-23(33-2)21(28)15-20/h3-12,15-16H,13-14,17H2,1-2H3,(H,29,31)/b25-16-. The molecule has 0 unspecified atom stereocenters. The Morgan fingerprint density at radius 3 is 2.62 bits per heavy atom. The van der Waals surface area contributed by atoms with E-state index in [2.05, 4.69) is 45.5 Å². The molecule has 6 nitrogen and oxygen atoms in total. The number of methoxy groups -OCH3 is 1. The van der Waals surface area contributed by atoms with Crippen LogP contribution in [0.15, 0.2) is 77.0 Å². The van der Waals surface area contributed by atoms with Gasteiger partial charge in [-0.05, 0) is 70.7 Å². The molecule has 0 aliphatic carbocycles. The van der Waals surface area contributed by atoms with Crippen LogP contribution >= 0.6 is 15.9 Å². The van der Waals surface area contributed by atoms with Gasteiger partial charge in [0, 0.05) is 6.54 Å². The topological polar surface area (TPSA) is 67.9 Å². The molecule has 1 heterocycles. The Balaban J connectivity index is 1.49. The van der Waals surface area contributed by atoms with E-state index in [1.165, 1.54) is 10.5 Å². The summed E-state index contributed by atoms with van der Waals surface area (Å²) in [5.74, 6) is 0.743. The molecule has 0 aromatic heterocycles. The molecule has 2 amide bonds. The van der Waals surface area contributed by atoms with E-state index in [1.807, 2.05) is 31.2 Å². The Labute approximate surface area is 207 Å². The summed E-state index contributed by atoms with van der Waals surface area (Å²) in [7, 11) is 1.59. The number of carbonyl (C=O) groups is 2. The Kier molecular flexibility index (Phi) is 7.33. The number of halogens is 1. The number of fused-ring (bicyclic) bond motifs is 1. The molecule has 34 heavy (non-hydrogen) atoms. The van der Waals surface area contributed by atoms with E-state index in [9.17, 15) is 9.59 Å². The zero-order chi connectivity index (χ0) is 24.1. The minimum atomic E-state index is -0.376. The number of carbonyl (C=O) groups excluding carboxylic acids is 2. The highest BCUT2D eigenvalue weighted by Gasteiger charge is 2.31. The van der Waals surface area contributed by atoms with Gasteiger partial charge in [-0.3, -0.25) is 14.5 Å². The average molecular weight is 521 g/mol. The van der Waals surface area contributed by atoms with Crippen LogP contribution in [-0.4, -0.2) is 32.0 Å². The Hall–Kier alpha value is -3.58. The third kappa shape index (κ3) is 5.48. The molecule has 0 spiro atoms. The Morgan fingerprint density at radius 1 is 1.12 bits per heavy atom. The fourth-order valence-corrected chi connectivity index (χ4v) is 4.20. The first-order valence-electron chi connectivity index (χ1n) is 10.9. The maximum Gasteiger partial charge on any atom is 0.294 e. The number of rotatable bonds is 7. The van der Waals surface area contributed by atoms with E-state index in [1.54, 1.807) is 31.4 Å². The van der Waals surface area contributed by atoms with Crippen molar-refractivity contribution in [3.8, 4) is 11.5 Å². The lowest BCUT2D eigenvalue weighted by Crippen LogP contribution is -2.44. The molecule has 174 valence electrons. The zero-order valence-corrected chi connectivity index (χ0v) is 20.6. The number of benzene rings is 3. The van der Waals surface area contributed by atoms with Crippen LogP contribution in [-0.2, 0) is 16.0 Å². The second-order valence-corrected chi connectivity index (χ2v) is 8.80. The van der Waals surface area contributed by atoms with Crippen molar-refractivity contribution in [1.29, 1.82) is 0 Å². The van der Waals surface area contributed by atoms with Gasteiger partial charge >= 0.3 is 0 Å². The lowest BCUT2D eigenvalue weighted by atomic mass is 10.1. The molecule has 3 aromatic rings. The number of hydrogen-bond donors (Lipinski definition) is 1. The van der Waals surface area contributed by atoms with Crippen molar-refractivity contribution in [3.05, 3.63) is 93.7 Å². The second kappa shape index (κ2) is 10.6. The van der Waals surface area contributed by atoms with Gasteiger partial charge in [-0.25, -0.2) is 0 Å². The van der Waals surface area contributed by atoms with Crippen LogP contribution in [0.2, 0.25) is 0 Å². The maximum atomic E-state index is 13.3. The average Bonchev–Trinajstić information content (AvgIpc) is 2.83. The number of ether oxygens (including phenoxy) is 2. The minimum Gasteiger partial charge on any atom is -0.496 e. The normalized spacial score (nSPS) is 13.9. The maximum absolute atomic E-state index is 13.3. The quantitative estimate of drug-likeness (QED) is 0.450. The van der Waals surface area contributed by atoms with Gasteiger partial charge in [-0.2, -0.15) is 0 Å². The lowest BCUT2D eigenvalue weighted by Gasteiger charge is -2.30. The van der Waals surface area contributed by atoms with Gasteiger partial charge < -0.3 is 14.8 Å². The minimum absolute atomic E-state index is 0.100. The monoisotopic (exact) mass is 520 g/mol. The van der Waals surface area contributed by atoms with Crippen LogP contribution in [0.4, 0.5) is 5.69 Å². The van der Waals surface area contributed by atoms with Gasteiger partial charge in [-0.1, -0.05) is 48.0 Å². The first-order chi connectivity index (χ1) is 16.4. The number of hydrogen-bond acceptors (Lipinski definition) is 4. The predicted molar refractivity (Wildman–Crippen MR) is 136 cm³/mol. The lowest BCUT2D eigenvalue weighted by molar-refractivity contribution is -0.123. The second-order valence-electron chi connectivity index (χ2n) is 7.95. The summed E-state index contributed by atoms with van der Waals surface area (Å²) >= 11 is 3.46. The molecule has 0 fully saturated rings. The van der Waals surface area contributed by atoms with Crippen LogP contribution in [0.3, 0.4) is 0 Å². The largest absolute Gasteiger partial charge is 0.496 e. The molecule has 0 bridgehead atoms. The summed E-state index contributed by atoms with van der Waals surface area (Å²) in [6.07, 6.45) is 2.38. The van der Waals surface area contributed by atoms with E-state index in [4.69, 9.17) is 9.47 Å². The van der Waals surface area contributed by atoms with Crippen molar-refractivity contribution in [2.45, 2.75) is 13.3 Å². The number of amides is 2. The number of anilines is 1. The summed E-state index contributed by atoms with van der Waals surface area (Å²) in [5, 5.41) is 2.92. The summed E-state index contributed by atoms with van der Waals surface area (Å²) in [6.45, 7) is 2.43. The molecule has 1 N–H and O–H groups in total. The van der Waals surface area contributed by atoms with Crippen molar-refractivity contribution >= 4 is 39.5 Å². The van der Waals surface area contributed by atoms with Crippen molar-refractivity contribution in [3.63, 3.8) is 0 Å². The summed E-state index contributed by atoms with van der Waals surface area (Å²) < 4.78 is 11.9. The fourth-order valence-electron chi connectivity index (χ4n) is 3.64. The molecule has 4 rings (SSSR count). The van der Waals surface area contributed by atoms with Gasteiger partial charge in [0.25, 0.3) is 5.91 Å². The number of nitrogens with zero attached hydrogens (tertiary/aromatic N) is 1. The fraction of sp³-hybridized carbons (Fsp3) is 0.185. The SMILES string of the molecule is COc1ccc(/C=C2\Oc3ccccc3N(CC(=O)NCCc3ccc(C)cc3)C2=O)cc1Br. The van der Waals surface area contributed by atoms with Gasteiger partial charge in [-0.15, -0.1) is 0 Å². The van der Waals surface area contributed by atoms with Gasteiger partial charge in [0.1, 0.15) is 12.3 Å².